The van der Waals surface area contributed by atoms with Crippen molar-refractivity contribution in [3.05, 3.63) is 52.9 Å². The van der Waals surface area contributed by atoms with E-state index in [1.165, 1.54) is 4.90 Å². The quantitative estimate of drug-likeness (QED) is 0.777. The monoisotopic (exact) mass is 399 g/mol. The van der Waals surface area contributed by atoms with Crippen molar-refractivity contribution in [1.29, 1.82) is 0 Å². The van der Waals surface area contributed by atoms with Crippen LogP contribution in [0.4, 0.5) is 0 Å². The number of aromatic nitrogens is 1. The standard InChI is InChI=1S/C22H29N3O4/c1-13(2)20(19-9-15(4)24-29-19)22(28)25-12-17(26)10-18(25)21(27)23-11-16-7-5-14(3)6-8-16/h5-9,13,17-18,20,26H,10-12H2,1-4H3,(H,23,27). The van der Waals surface area contributed by atoms with Crippen molar-refractivity contribution < 1.29 is 19.2 Å². The van der Waals surface area contributed by atoms with Gasteiger partial charge in [-0.2, -0.15) is 0 Å². The number of amides is 2. The fourth-order valence-corrected chi connectivity index (χ4v) is 3.76. The lowest BCUT2D eigenvalue weighted by molar-refractivity contribution is -0.141. The van der Waals surface area contributed by atoms with Gasteiger partial charge in [-0.25, -0.2) is 0 Å². The minimum Gasteiger partial charge on any atom is -0.391 e. The number of aryl methyl sites for hydroxylation is 2. The van der Waals surface area contributed by atoms with Crippen molar-refractivity contribution in [2.45, 2.75) is 58.7 Å². The molecule has 3 atom stereocenters. The van der Waals surface area contributed by atoms with Gasteiger partial charge < -0.3 is 19.8 Å². The second-order valence-electron chi connectivity index (χ2n) is 8.19. The molecule has 1 aromatic heterocycles. The van der Waals surface area contributed by atoms with Crippen LogP contribution in [0.1, 0.15) is 48.8 Å². The molecular formula is C22H29N3O4. The molecule has 0 radical (unpaired) electrons. The first kappa shape index (κ1) is 21.0. The highest BCUT2D eigenvalue weighted by Crippen LogP contribution is 2.31. The third kappa shape index (κ3) is 4.85. The van der Waals surface area contributed by atoms with Crippen LogP contribution in [0.15, 0.2) is 34.9 Å². The van der Waals surface area contributed by atoms with Gasteiger partial charge in [0.15, 0.2) is 0 Å². The second kappa shape index (κ2) is 8.78. The summed E-state index contributed by atoms with van der Waals surface area (Å²) in [7, 11) is 0. The molecular weight excluding hydrogens is 370 g/mol. The van der Waals surface area contributed by atoms with Gasteiger partial charge in [0.2, 0.25) is 11.8 Å². The number of carbonyl (C=O) groups excluding carboxylic acids is 2. The zero-order chi connectivity index (χ0) is 21.1. The van der Waals surface area contributed by atoms with E-state index in [-0.39, 0.29) is 30.7 Å². The molecule has 1 aliphatic rings. The summed E-state index contributed by atoms with van der Waals surface area (Å²) in [4.78, 5) is 27.6. The van der Waals surface area contributed by atoms with Gasteiger partial charge in [-0.3, -0.25) is 9.59 Å². The maximum absolute atomic E-state index is 13.3. The average Bonchev–Trinajstić information content (AvgIpc) is 3.26. The number of hydrogen-bond donors (Lipinski definition) is 2. The average molecular weight is 399 g/mol. The Morgan fingerprint density at radius 2 is 1.97 bits per heavy atom. The molecule has 0 aliphatic carbocycles. The van der Waals surface area contributed by atoms with Crippen LogP contribution in [0.5, 0.6) is 0 Å². The molecule has 2 N–H and O–H groups in total. The topological polar surface area (TPSA) is 95.7 Å². The zero-order valence-electron chi connectivity index (χ0n) is 17.4. The summed E-state index contributed by atoms with van der Waals surface area (Å²) in [6.45, 7) is 8.18. The molecule has 1 saturated heterocycles. The molecule has 1 fully saturated rings. The molecule has 7 heteroatoms. The largest absolute Gasteiger partial charge is 0.391 e. The van der Waals surface area contributed by atoms with E-state index in [0.717, 1.165) is 11.1 Å². The number of likely N-dealkylation sites (tertiary alicyclic amines) is 1. The normalized spacial score (nSPS) is 20.1. The zero-order valence-corrected chi connectivity index (χ0v) is 17.4. The summed E-state index contributed by atoms with van der Waals surface area (Å²) in [5, 5.41) is 17.0. The SMILES string of the molecule is Cc1ccc(CNC(=O)C2CC(O)CN2C(=O)C(c2cc(C)no2)C(C)C)cc1. The summed E-state index contributed by atoms with van der Waals surface area (Å²) in [5.74, 6) is -0.574. The van der Waals surface area contributed by atoms with Gasteiger partial charge in [0.1, 0.15) is 17.7 Å². The Morgan fingerprint density at radius 3 is 2.55 bits per heavy atom. The van der Waals surface area contributed by atoms with E-state index in [9.17, 15) is 14.7 Å². The molecule has 7 nitrogen and oxygen atoms in total. The van der Waals surface area contributed by atoms with Crippen LogP contribution in [0.2, 0.25) is 0 Å². The van der Waals surface area contributed by atoms with Crippen molar-refractivity contribution >= 4 is 11.8 Å². The van der Waals surface area contributed by atoms with E-state index in [2.05, 4.69) is 10.5 Å². The van der Waals surface area contributed by atoms with Crippen LogP contribution >= 0.6 is 0 Å². The number of nitrogens with one attached hydrogen (secondary N) is 1. The maximum atomic E-state index is 13.3. The molecule has 2 amide bonds. The Morgan fingerprint density at radius 1 is 1.28 bits per heavy atom. The van der Waals surface area contributed by atoms with Crippen LogP contribution in [0, 0.1) is 19.8 Å². The number of β-amino-alcohol motifs (C(OH)–C–C–N with tert-alkyl or cyclic N) is 1. The molecule has 3 unspecified atom stereocenters. The van der Waals surface area contributed by atoms with Crippen LogP contribution < -0.4 is 5.32 Å². The first-order valence-electron chi connectivity index (χ1n) is 10.0. The molecule has 1 aromatic carbocycles. The van der Waals surface area contributed by atoms with Crippen molar-refractivity contribution in [3.63, 3.8) is 0 Å². The third-order valence-electron chi connectivity index (χ3n) is 5.34. The highest BCUT2D eigenvalue weighted by molar-refractivity contribution is 5.91. The molecule has 2 heterocycles. The summed E-state index contributed by atoms with van der Waals surface area (Å²) in [5.41, 5.74) is 2.84. The number of rotatable bonds is 6. The fourth-order valence-electron chi connectivity index (χ4n) is 3.76. The summed E-state index contributed by atoms with van der Waals surface area (Å²) < 4.78 is 5.35. The van der Waals surface area contributed by atoms with Crippen LogP contribution in [-0.4, -0.2) is 45.7 Å². The molecule has 1 aliphatic heterocycles. The predicted molar refractivity (Wildman–Crippen MR) is 108 cm³/mol. The fraction of sp³-hybridized carbons (Fsp3) is 0.500. The molecule has 0 spiro atoms. The maximum Gasteiger partial charge on any atom is 0.243 e. The lowest BCUT2D eigenvalue weighted by Crippen LogP contribution is -2.48. The lowest BCUT2D eigenvalue weighted by Gasteiger charge is -2.28. The Kier molecular flexibility index (Phi) is 6.37. The number of benzene rings is 1. The predicted octanol–water partition coefficient (Wildman–Crippen LogP) is 2.31. The molecule has 0 saturated carbocycles. The molecule has 29 heavy (non-hydrogen) atoms. The molecule has 156 valence electrons. The number of hydrogen-bond acceptors (Lipinski definition) is 5. The van der Waals surface area contributed by atoms with Gasteiger partial charge in [-0.1, -0.05) is 48.8 Å². The number of nitrogens with zero attached hydrogens (tertiary/aromatic N) is 2. The van der Waals surface area contributed by atoms with Crippen LogP contribution in [-0.2, 0) is 16.1 Å². The Hall–Kier alpha value is -2.67. The van der Waals surface area contributed by atoms with Gasteiger partial charge >= 0.3 is 0 Å². The number of carbonyl (C=O) groups is 2. The Balaban J connectivity index is 1.73. The van der Waals surface area contributed by atoms with Crippen molar-refractivity contribution in [2.24, 2.45) is 5.92 Å². The highest BCUT2D eigenvalue weighted by atomic mass is 16.5. The molecule has 2 aromatic rings. The van der Waals surface area contributed by atoms with Crippen molar-refractivity contribution in [2.75, 3.05) is 6.54 Å². The van der Waals surface area contributed by atoms with E-state index < -0.39 is 18.1 Å². The van der Waals surface area contributed by atoms with Crippen molar-refractivity contribution in [1.82, 2.24) is 15.4 Å². The number of aliphatic hydroxyl groups is 1. The van der Waals surface area contributed by atoms with Gasteiger partial charge in [-0.15, -0.1) is 0 Å². The van der Waals surface area contributed by atoms with Gasteiger partial charge in [0, 0.05) is 25.6 Å². The summed E-state index contributed by atoms with van der Waals surface area (Å²) in [6, 6.07) is 8.95. The highest BCUT2D eigenvalue weighted by Gasteiger charge is 2.43. The smallest absolute Gasteiger partial charge is 0.243 e. The van der Waals surface area contributed by atoms with E-state index in [4.69, 9.17) is 4.52 Å². The lowest BCUT2D eigenvalue weighted by atomic mass is 9.91. The van der Waals surface area contributed by atoms with E-state index in [1.54, 1.807) is 13.0 Å². The Bertz CT molecular complexity index is 859. The van der Waals surface area contributed by atoms with Gasteiger partial charge in [0.05, 0.1) is 11.8 Å². The van der Waals surface area contributed by atoms with E-state index >= 15 is 0 Å². The van der Waals surface area contributed by atoms with Gasteiger partial charge in [0.25, 0.3) is 0 Å². The molecule has 0 bridgehead atoms. The Labute approximate surface area is 171 Å². The third-order valence-corrected chi connectivity index (χ3v) is 5.34. The number of aliphatic hydroxyl groups excluding tert-OH is 1. The summed E-state index contributed by atoms with van der Waals surface area (Å²) in [6.07, 6.45) is -0.496. The minimum atomic E-state index is -0.724. The first-order chi connectivity index (χ1) is 13.8. The van der Waals surface area contributed by atoms with Crippen LogP contribution in [0.3, 0.4) is 0 Å². The van der Waals surface area contributed by atoms with Crippen LogP contribution in [0.25, 0.3) is 0 Å². The minimum absolute atomic E-state index is 0.0381. The van der Waals surface area contributed by atoms with Crippen molar-refractivity contribution in [3.8, 4) is 0 Å². The summed E-state index contributed by atoms with van der Waals surface area (Å²) >= 11 is 0. The second-order valence-corrected chi connectivity index (χ2v) is 8.19. The van der Waals surface area contributed by atoms with E-state index in [1.807, 2.05) is 45.0 Å². The van der Waals surface area contributed by atoms with Gasteiger partial charge in [-0.05, 0) is 25.3 Å². The molecule has 3 rings (SSSR count). The van der Waals surface area contributed by atoms with E-state index in [0.29, 0.717) is 18.0 Å². The first-order valence-corrected chi connectivity index (χ1v) is 10.0.